The first-order valence-electron chi connectivity index (χ1n) is 11.4. The molecule has 4 aliphatic rings. The summed E-state index contributed by atoms with van der Waals surface area (Å²) in [4.78, 5) is 23.5. The molecular formula is C25H34O6. The predicted molar refractivity (Wildman–Crippen MR) is 113 cm³/mol. The summed E-state index contributed by atoms with van der Waals surface area (Å²) in [6.07, 6.45) is 9.98. The van der Waals surface area contributed by atoms with Crippen LogP contribution in [0.1, 0.15) is 66.2 Å². The van der Waals surface area contributed by atoms with Crippen LogP contribution in [-0.2, 0) is 19.1 Å². The van der Waals surface area contributed by atoms with Gasteiger partial charge < -0.3 is 19.7 Å². The van der Waals surface area contributed by atoms with Gasteiger partial charge in [0.05, 0.1) is 6.10 Å². The molecule has 6 heteroatoms. The van der Waals surface area contributed by atoms with E-state index in [1.54, 1.807) is 0 Å². The fourth-order valence-electron chi connectivity index (χ4n) is 7.56. The van der Waals surface area contributed by atoms with Gasteiger partial charge in [0.2, 0.25) is 0 Å². The first-order chi connectivity index (χ1) is 14.5. The highest BCUT2D eigenvalue weighted by Crippen LogP contribution is 2.67. The lowest BCUT2D eigenvalue weighted by atomic mass is 9.46. The lowest BCUT2D eigenvalue weighted by molar-refractivity contribution is -0.173. The summed E-state index contributed by atoms with van der Waals surface area (Å²) in [5, 5.41) is 22.5. The number of hydrogen-bond donors (Lipinski definition) is 2. The number of carbonyl (C=O) groups is 2. The molecule has 0 unspecified atom stereocenters. The number of rotatable bonds is 2. The quantitative estimate of drug-likeness (QED) is 0.398. The molecule has 0 aromatic rings. The Morgan fingerprint density at radius 2 is 1.71 bits per heavy atom. The van der Waals surface area contributed by atoms with Crippen molar-refractivity contribution in [3.8, 4) is 12.3 Å². The van der Waals surface area contributed by atoms with Crippen molar-refractivity contribution in [1.82, 2.24) is 0 Å². The number of carbonyl (C=O) groups excluding carboxylic acids is 2. The van der Waals surface area contributed by atoms with E-state index < -0.39 is 41.3 Å². The van der Waals surface area contributed by atoms with Crippen molar-refractivity contribution in [3.05, 3.63) is 11.6 Å². The van der Waals surface area contributed by atoms with E-state index in [0.29, 0.717) is 12.8 Å². The number of terminal acetylenes is 1. The molecule has 3 saturated carbocycles. The van der Waals surface area contributed by atoms with Crippen LogP contribution in [0.2, 0.25) is 0 Å². The molecule has 2 N–H and O–H groups in total. The third kappa shape index (κ3) is 3.15. The molecule has 6 nitrogen and oxygen atoms in total. The fourth-order valence-corrected chi connectivity index (χ4v) is 7.56. The second kappa shape index (κ2) is 7.35. The van der Waals surface area contributed by atoms with E-state index in [4.69, 9.17) is 15.9 Å². The molecule has 0 heterocycles. The maximum Gasteiger partial charge on any atom is 0.303 e. The van der Waals surface area contributed by atoms with E-state index in [1.165, 1.54) is 13.8 Å². The van der Waals surface area contributed by atoms with Crippen LogP contribution >= 0.6 is 0 Å². The molecule has 0 spiro atoms. The summed E-state index contributed by atoms with van der Waals surface area (Å²) in [5.41, 5.74) is -0.974. The Kier molecular flexibility index (Phi) is 5.30. The Hall–Kier alpha value is -1.84. The molecule has 0 aromatic heterocycles. The second-order valence-corrected chi connectivity index (χ2v) is 10.5. The first kappa shape index (κ1) is 22.4. The third-order valence-electron chi connectivity index (χ3n) is 9.15. The van der Waals surface area contributed by atoms with Gasteiger partial charge in [-0.2, -0.15) is 0 Å². The predicted octanol–water partition coefficient (Wildman–Crippen LogP) is 2.76. The summed E-state index contributed by atoms with van der Waals surface area (Å²) < 4.78 is 11.2. The Bertz CT molecular complexity index is 857. The minimum absolute atomic E-state index is 0.0156. The van der Waals surface area contributed by atoms with Crippen LogP contribution in [0.5, 0.6) is 0 Å². The number of aliphatic hydroxyl groups excluding tert-OH is 1. The molecule has 0 aliphatic heterocycles. The fraction of sp³-hybridized carbons (Fsp3) is 0.760. The van der Waals surface area contributed by atoms with Gasteiger partial charge in [-0.25, -0.2) is 0 Å². The standard InChI is InChI=1S/C25H34O6/c1-6-25(29)12-8-17-21-16(7-11-24(17,25)5)23(4)10-9-20(30-14(2)26)22(31-15(3)27)18(23)13-19(21)28/h1,13,16-17,19-22,28-29H,7-12H2,2-5H3/t16-,17-,19-,20+,21+,22+,23+,24-,25-/m0/s1. The van der Waals surface area contributed by atoms with Crippen LogP contribution in [0.3, 0.4) is 0 Å². The molecule has 0 aromatic carbocycles. The highest BCUT2D eigenvalue weighted by Gasteiger charge is 2.66. The highest BCUT2D eigenvalue weighted by atomic mass is 16.6. The van der Waals surface area contributed by atoms with E-state index in [-0.39, 0.29) is 23.2 Å². The van der Waals surface area contributed by atoms with E-state index in [1.807, 2.05) is 6.08 Å². The molecule has 9 atom stereocenters. The summed E-state index contributed by atoms with van der Waals surface area (Å²) in [7, 11) is 0. The Labute approximate surface area is 184 Å². The van der Waals surface area contributed by atoms with Crippen LogP contribution in [-0.4, -0.2) is 46.1 Å². The molecule has 31 heavy (non-hydrogen) atoms. The maximum absolute atomic E-state index is 11.9. The van der Waals surface area contributed by atoms with Crippen LogP contribution in [0.15, 0.2) is 11.6 Å². The molecule has 170 valence electrons. The maximum atomic E-state index is 11.9. The average molecular weight is 431 g/mol. The van der Waals surface area contributed by atoms with Gasteiger partial charge in [0.15, 0.2) is 6.10 Å². The van der Waals surface area contributed by atoms with E-state index in [9.17, 15) is 19.8 Å². The number of fused-ring (bicyclic) bond motifs is 5. The van der Waals surface area contributed by atoms with Crippen molar-refractivity contribution in [2.24, 2.45) is 28.6 Å². The van der Waals surface area contributed by atoms with Crippen molar-refractivity contribution in [3.63, 3.8) is 0 Å². The molecular weight excluding hydrogens is 396 g/mol. The van der Waals surface area contributed by atoms with Gasteiger partial charge in [-0.1, -0.05) is 25.8 Å². The SMILES string of the molecule is C#C[C@]1(O)CC[C@H]2[C@@H]3[C@@H](O)C=C4[C@@H](OC(C)=O)[C@H](OC(C)=O)CC[C@]4(C)[C@H]3CC[C@@]21C. The Morgan fingerprint density at radius 3 is 2.32 bits per heavy atom. The van der Waals surface area contributed by atoms with Crippen LogP contribution in [0, 0.1) is 40.9 Å². The van der Waals surface area contributed by atoms with Crippen molar-refractivity contribution in [2.75, 3.05) is 0 Å². The smallest absolute Gasteiger partial charge is 0.303 e. The summed E-state index contributed by atoms with van der Waals surface area (Å²) in [6, 6.07) is 0. The van der Waals surface area contributed by atoms with Gasteiger partial charge in [-0.05, 0) is 67.3 Å². The van der Waals surface area contributed by atoms with Crippen LogP contribution in [0.4, 0.5) is 0 Å². The number of ether oxygens (including phenoxy) is 2. The van der Waals surface area contributed by atoms with E-state index >= 15 is 0 Å². The molecule has 0 bridgehead atoms. The van der Waals surface area contributed by atoms with Crippen LogP contribution < -0.4 is 0 Å². The summed E-state index contributed by atoms with van der Waals surface area (Å²) in [6.45, 7) is 6.97. The van der Waals surface area contributed by atoms with Gasteiger partial charge in [-0.3, -0.25) is 9.59 Å². The van der Waals surface area contributed by atoms with Crippen molar-refractivity contribution in [2.45, 2.75) is 90.1 Å². The minimum atomic E-state index is -1.14. The van der Waals surface area contributed by atoms with Gasteiger partial charge >= 0.3 is 11.9 Å². The van der Waals surface area contributed by atoms with Gasteiger partial charge in [-0.15, -0.1) is 6.42 Å². The lowest BCUT2D eigenvalue weighted by Crippen LogP contribution is -2.59. The second-order valence-electron chi connectivity index (χ2n) is 10.5. The van der Waals surface area contributed by atoms with Gasteiger partial charge in [0.25, 0.3) is 0 Å². The zero-order chi connectivity index (χ0) is 22.8. The molecule has 0 saturated heterocycles. The Morgan fingerprint density at radius 1 is 1.06 bits per heavy atom. The number of hydrogen-bond acceptors (Lipinski definition) is 6. The van der Waals surface area contributed by atoms with Crippen molar-refractivity contribution in [1.29, 1.82) is 0 Å². The largest absolute Gasteiger partial charge is 0.458 e. The number of esters is 2. The topological polar surface area (TPSA) is 93.1 Å². The molecule has 4 aliphatic carbocycles. The molecule has 4 rings (SSSR count). The van der Waals surface area contributed by atoms with E-state index in [0.717, 1.165) is 31.3 Å². The molecule has 0 radical (unpaired) electrons. The molecule has 0 amide bonds. The van der Waals surface area contributed by atoms with Crippen molar-refractivity contribution < 1.29 is 29.3 Å². The monoisotopic (exact) mass is 430 g/mol. The van der Waals surface area contributed by atoms with E-state index in [2.05, 4.69) is 19.8 Å². The highest BCUT2D eigenvalue weighted by molar-refractivity contribution is 5.68. The van der Waals surface area contributed by atoms with Gasteiger partial charge in [0, 0.05) is 19.3 Å². The zero-order valence-corrected chi connectivity index (χ0v) is 18.9. The van der Waals surface area contributed by atoms with Crippen LogP contribution in [0.25, 0.3) is 0 Å². The average Bonchev–Trinajstić information content (AvgIpc) is 2.96. The summed E-state index contributed by atoms with van der Waals surface area (Å²) >= 11 is 0. The zero-order valence-electron chi connectivity index (χ0n) is 18.9. The summed E-state index contributed by atoms with van der Waals surface area (Å²) in [5.74, 6) is 2.10. The first-order valence-corrected chi connectivity index (χ1v) is 11.4. The third-order valence-corrected chi connectivity index (χ3v) is 9.15. The van der Waals surface area contributed by atoms with Crippen molar-refractivity contribution >= 4 is 11.9 Å². The van der Waals surface area contributed by atoms with Gasteiger partial charge in [0.1, 0.15) is 11.7 Å². The Balaban J connectivity index is 1.74. The molecule has 3 fully saturated rings. The number of aliphatic hydroxyl groups is 2. The minimum Gasteiger partial charge on any atom is -0.458 e. The lowest BCUT2D eigenvalue weighted by Gasteiger charge is -2.60. The normalized spacial score (nSPS) is 48.4.